The Morgan fingerprint density at radius 1 is 1.43 bits per heavy atom. The zero-order valence-electron chi connectivity index (χ0n) is 13.0. The topological polar surface area (TPSA) is 54.2 Å². The molecule has 0 bridgehead atoms. The first-order valence-electron chi connectivity index (χ1n) is 6.82. The van der Waals surface area contributed by atoms with Crippen LogP contribution in [-0.2, 0) is 6.54 Å². The summed E-state index contributed by atoms with van der Waals surface area (Å²) in [5.41, 5.74) is 1.29. The smallest absolute Gasteiger partial charge is 0.192 e. The SMILES string of the molecule is C#CCNC(=NC)NCc1ccc(-n2ccnc2C)c(F)c1.I. The second kappa shape index (κ2) is 9.15. The Morgan fingerprint density at radius 3 is 2.78 bits per heavy atom. The third-order valence-electron chi connectivity index (χ3n) is 3.14. The molecule has 2 N–H and O–H groups in total. The summed E-state index contributed by atoms with van der Waals surface area (Å²) in [6.45, 7) is 2.66. The van der Waals surface area contributed by atoms with Crippen LogP contribution in [0.5, 0.6) is 0 Å². The number of benzene rings is 1. The highest BCUT2D eigenvalue weighted by Gasteiger charge is 2.08. The first kappa shape index (κ1) is 19.0. The van der Waals surface area contributed by atoms with Crippen LogP contribution < -0.4 is 10.6 Å². The highest BCUT2D eigenvalue weighted by Crippen LogP contribution is 2.16. The molecular formula is C16H19FIN5. The molecule has 1 aromatic carbocycles. The fraction of sp³-hybridized carbons (Fsp3) is 0.250. The van der Waals surface area contributed by atoms with Crippen molar-refractivity contribution in [3.05, 3.63) is 47.8 Å². The van der Waals surface area contributed by atoms with E-state index in [-0.39, 0.29) is 29.8 Å². The summed E-state index contributed by atoms with van der Waals surface area (Å²) in [7, 11) is 1.65. The van der Waals surface area contributed by atoms with Gasteiger partial charge in [-0.25, -0.2) is 9.37 Å². The number of imidazole rings is 1. The Balaban J connectivity index is 0.00000264. The van der Waals surface area contributed by atoms with Gasteiger partial charge in [0, 0.05) is 26.0 Å². The number of hydrogen-bond acceptors (Lipinski definition) is 2. The molecule has 0 fully saturated rings. The normalized spacial score (nSPS) is 10.6. The van der Waals surface area contributed by atoms with Gasteiger partial charge in [0.15, 0.2) is 5.96 Å². The summed E-state index contributed by atoms with van der Waals surface area (Å²) >= 11 is 0. The van der Waals surface area contributed by atoms with Crippen LogP contribution in [0, 0.1) is 25.1 Å². The molecule has 0 aliphatic carbocycles. The summed E-state index contributed by atoms with van der Waals surface area (Å²) < 4.78 is 16.0. The fourth-order valence-corrected chi connectivity index (χ4v) is 2.03. The molecule has 0 saturated carbocycles. The lowest BCUT2D eigenvalue weighted by atomic mass is 10.2. The van der Waals surface area contributed by atoms with Crippen molar-refractivity contribution >= 4 is 29.9 Å². The summed E-state index contributed by atoms with van der Waals surface area (Å²) in [5, 5.41) is 6.01. The average Bonchev–Trinajstić information content (AvgIpc) is 2.93. The Labute approximate surface area is 152 Å². The molecule has 1 aromatic heterocycles. The zero-order valence-corrected chi connectivity index (χ0v) is 15.3. The summed E-state index contributed by atoms with van der Waals surface area (Å²) in [6, 6.07) is 5.09. The van der Waals surface area contributed by atoms with Crippen LogP contribution in [0.25, 0.3) is 5.69 Å². The molecule has 7 heteroatoms. The van der Waals surface area contributed by atoms with Gasteiger partial charge in [0.2, 0.25) is 0 Å². The number of halogens is 2. The molecule has 0 radical (unpaired) electrons. The van der Waals surface area contributed by atoms with Gasteiger partial charge in [0.25, 0.3) is 0 Å². The maximum atomic E-state index is 14.3. The standard InChI is InChI=1S/C16H18FN5.HI/c1-4-7-20-16(18-3)21-11-13-5-6-15(14(17)10-13)22-9-8-19-12(22)2;/h1,5-6,8-10H,7,11H2,2-3H3,(H2,18,20,21);1H. The zero-order chi connectivity index (χ0) is 15.9. The van der Waals surface area contributed by atoms with E-state index in [9.17, 15) is 4.39 Å². The number of guanidine groups is 1. The second-order valence-electron chi connectivity index (χ2n) is 4.61. The fourth-order valence-electron chi connectivity index (χ4n) is 2.03. The molecule has 0 unspecified atom stereocenters. The van der Waals surface area contributed by atoms with Crippen molar-refractivity contribution in [3.63, 3.8) is 0 Å². The molecule has 23 heavy (non-hydrogen) atoms. The maximum absolute atomic E-state index is 14.3. The van der Waals surface area contributed by atoms with Crippen LogP contribution in [0.1, 0.15) is 11.4 Å². The van der Waals surface area contributed by atoms with E-state index in [1.54, 1.807) is 30.1 Å². The third-order valence-corrected chi connectivity index (χ3v) is 3.14. The van der Waals surface area contributed by atoms with Crippen molar-refractivity contribution in [1.82, 2.24) is 20.2 Å². The number of hydrogen-bond donors (Lipinski definition) is 2. The van der Waals surface area contributed by atoms with Crippen molar-refractivity contribution in [2.45, 2.75) is 13.5 Å². The van der Waals surface area contributed by atoms with Crippen molar-refractivity contribution in [1.29, 1.82) is 0 Å². The van der Waals surface area contributed by atoms with Crippen molar-refractivity contribution < 1.29 is 4.39 Å². The largest absolute Gasteiger partial charge is 0.352 e. The van der Waals surface area contributed by atoms with E-state index in [0.717, 1.165) is 11.4 Å². The van der Waals surface area contributed by atoms with E-state index in [2.05, 4.69) is 26.5 Å². The monoisotopic (exact) mass is 427 g/mol. The van der Waals surface area contributed by atoms with Gasteiger partial charge in [-0.2, -0.15) is 0 Å². The van der Waals surface area contributed by atoms with E-state index in [0.29, 0.717) is 24.7 Å². The van der Waals surface area contributed by atoms with Crippen molar-refractivity contribution in [2.75, 3.05) is 13.6 Å². The van der Waals surface area contributed by atoms with E-state index in [1.807, 2.05) is 13.0 Å². The summed E-state index contributed by atoms with van der Waals surface area (Å²) in [5.74, 6) is 3.48. The quantitative estimate of drug-likeness (QED) is 0.341. The van der Waals surface area contributed by atoms with Gasteiger partial charge in [-0.15, -0.1) is 30.4 Å². The molecule has 0 amide bonds. The molecule has 2 rings (SSSR count). The molecule has 0 atom stereocenters. The minimum Gasteiger partial charge on any atom is -0.352 e. The van der Waals surface area contributed by atoms with Crippen molar-refractivity contribution in [3.8, 4) is 18.0 Å². The van der Waals surface area contributed by atoms with E-state index in [1.165, 1.54) is 6.07 Å². The number of nitrogens with zero attached hydrogens (tertiary/aromatic N) is 3. The van der Waals surface area contributed by atoms with Gasteiger partial charge in [-0.1, -0.05) is 12.0 Å². The van der Waals surface area contributed by atoms with Crippen LogP contribution in [0.4, 0.5) is 4.39 Å². The van der Waals surface area contributed by atoms with Gasteiger partial charge in [0.1, 0.15) is 11.6 Å². The Hall–Kier alpha value is -2.08. The average molecular weight is 427 g/mol. The molecule has 0 spiro atoms. The predicted octanol–water partition coefficient (Wildman–Crippen LogP) is 2.24. The summed E-state index contributed by atoms with van der Waals surface area (Å²) in [6.07, 6.45) is 8.56. The Bertz CT molecular complexity index is 718. The minimum absolute atomic E-state index is 0. The van der Waals surface area contributed by atoms with Crippen LogP contribution in [-0.4, -0.2) is 29.1 Å². The second-order valence-corrected chi connectivity index (χ2v) is 4.61. The Kier molecular flexibility index (Phi) is 7.54. The molecule has 122 valence electrons. The van der Waals surface area contributed by atoms with Crippen LogP contribution >= 0.6 is 24.0 Å². The maximum Gasteiger partial charge on any atom is 0.192 e. The first-order chi connectivity index (χ1) is 10.7. The van der Waals surface area contributed by atoms with Gasteiger partial charge < -0.3 is 15.2 Å². The highest BCUT2D eigenvalue weighted by molar-refractivity contribution is 14.0. The van der Waals surface area contributed by atoms with Gasteiger partial charge in [-0.05, 0) is 24.6 Å². The van der Waals surface area contributed by atoms with Gasteiger partial charge in [-0.3, -0.25) is 4.99 Å². The summed E-state index contributed by atoms with van der Waals surface area (Å²) in [4.78, 5) is 8.13. The molecule has 5 nitrogen and oxygen atoms in total. The number of rotatable bonds is 4. The molecular weight excluding hydrogens is 408 g/mol. The molecule has 1 heterocycles. The predicted molar refractivity (Wildman–Crippen MR) is 101 cm³/mol. The van der Waals surface area contributed by atoms with E-state index < -0.39 is 0 Å². The number of aryl methyl sites for hydroxylation is 1. The Morgan fingerprint density at radius 2 is 2.22 bits per heavy atom. The van der Waals surface area contributed by atoms with Crippen molar-refractivity contribution in [2.24, 2.45) is 4.99 Å². The van der Waals surface area contributed by atoms with Gasteiger partial charge >= 0.3 is 0 Å². The van der Waals surface area contributed by atoms with Crippen LogP contribution in [0.2, 0.25) is 0 Å². The molecule has 0 aliphatic rings. The lowest BCUT2D eigenvalue weighted by Gasteiger charge is -2.11. The lowest BCUT2D eigenvalue weighted by Crippen LogP contribution is -2.36. The molecule has 0 saturated heterocycles. The van der Waals surface area contributed by atoms with E-state index in [4.69, 9.17) is 6.42 Å². The lowest BCUT2D eigenvalue weighted by molar-refractivity contribution is 0.613. The van der Waals surface area contributed by atoms with Crippen LogP contribution in [0.3, 0.4) is 0 Å². The number of aromatic nitrogens is 2. The van der Waals surface area contributed by atoms with Crippen LogP contribution in [0.15, 0.2) is 35.6 Å². The first-order valence-corrected chi connectivity index (χ1v) is 6.82. The highest BCUT2D eigenvalue weighted by atomic mass is 127. The molecule has 2 aromatic rings. The third kappa shape index (κ3) is 4.96. The molecule has 0 aliphatic heterocycles. The minimum atomic E-state index is -0.299. The number of nitrogens with one attached hydrogen (secondary N) is 2. The van der Waals surface area contributed by atoms with Gasteiger partial charge in [0.05, 0.1) is 12.2 Å². The van der Waals surface area contributed by atoms with E-state index >= 15 is 0 Å². The number of terminal acetylenes is 1. The number of aliphatic imine (C=N–C) groups is 1.